The zero-order valence-electron chi connectivity index (χ0n) is 20.8. The summed E-state index contributed by atoms with van der Waals surface area (Å²) in [7, 11) is 0. The van der Waals surface area contributed by atoms with Gasteiger partial charge in [0.1, 0.15) is 5.60 Å². The second-order valence-electron chi connectivity index (χ2n) is 10.9. The molecule has 0 amide bonds. The van der Waals surface area contributed by atoms with Crippen molar-refractivity contribution in [2.24, 2.45) is 34.0 Å². The number of rotatable bonds is 8. The van der Waals surface area contributed by atoms with E-state index in [1.165, 1.54) is 24.4 Å². The van der Waals surface area contributed by atoms with E-state index in [4.69, 9.17) is 34.9 Å². The molecule has 0 aliphatic heterocycles. The number of allylic oxidation sites excluding steroid dienone is 1. The first-order valence-corrected chi connectivity index (χ1v) is 13.1. The summed E-state index contributed by atoms with van der Waals surface area (Å²) in [5, 5.41) is 16.1. The van der Waals surface area contributed by atoms with E-state index in [1.807, 2.05) is 0 Å². The third-order valence-corrected chi connectivity index (χ3v) is 8.60. The van der Waals surface area contributed by atoms with Gasteiger partial charge in [0.2, 0.25) is 0 Å². The predicted octanol–water partition coefficient (Wildman–Crippen LogP) is 6.51. The molecule has 2 fully saturated rings. The van der Waals surface area contributed by atoms with Gasteiger partial charge in [0.05, 0.1) is 6.54 Å². The molecule has 3 rings (SSSR count). The molecule has 1 aromatic rings. The summed E-state index contributed by atoms with van der Waals surface area (Å²) >= 11 is 12.2. The highest BCUT2D eigenvalue weighted by atomic mass is 35.5. The molecule has 3 unspecified atom stereocenters. The lowest BCUT2D eigenvalue weighted by atomic mass is 9.62. The van der Waals surface area contributed by atoms with Gasteiger partial charge in [0, 0.05) is 22.0 Å². The van der Waals surface area contributed by atoms with Crippen LogP contribution in [-0.2, 0) is 0 Å². The Bertz CT molecular complexity index is 943. The summed E-state index contributed by atoms with van der Waals surface area (Å²) in [5.41, 5.74) is 0.118. The molecule has 196 valence electrons. The fourth-order valence-electron chi connectivity index (χ4n) is 6.04. The van der Waals surface area contributed by atoms with Crippen molar-refractivity contribution >= 4 is 29.0 Å². The Hall–Kier alpha value is -1.41. The van der Waals surface area contributed by atoms with Crippen LogP contribution in [0.3, 0.4) is 0 Å². The van der Waals surface area contributed by atoms with E-state index in [9.17, 15) is 13.9 Å². The number of amidine groups is 1. The smallest absolute Gasteiger partial charge is 0.275 e. The van der Waals surface area contributed by atoms with Gasteiger partial charge in [-0.2, -0.15) is 5.10 Å². The van der Waals surface area contributed by atoms with Crippen LogP contribution >= 0.6 is 23.2 Å². The molecule has 0 heterocycles. The van der Waals surface area contributed by atoms with E-state index in [2.05, 4.69) is 18.1 Å². The monoisotopic (exact) mass is 530 g/mol. The van der Waals surface area contributed by atoms with Crippen molar-refractivity contribution in [3.8, 4) is 0 Å². The maximum Gasteiger partial charge on any atom is 0.275 e. The Labute approximate surface area is 217 Å². The second kappa shape index (κ2) is 10.9. The van der Waals surface area contributed by atoms with Gasteiger partial charge in [-0.1, -0.05) is 41.8 Å². The minimum Gasteiger partial charge on any atom is -0.384 e. The minimum atomic E-state index is -3.08. The lowest BCUT2D eigenvalue weighted by molar-refractivity contribution is -0.166. The number of nitrogens with zero attached hydrogens (tertiary/aromatic N) is 2. The lowest BCUT2D eigenvalue weighted by Gasteiger charge is -2.43. The molecule has 5 N–H and O–H groups in total. The lowest BCUT2D eigenvalue weighted by Crippen LogP contribution is -2.42. The number of alkyl halides is 2. The first-order valence-electron chi connectivity index (χ1n) is 12.3. The van der Waals surface area contributed by atoms with Crippen molar-refractivity contribution in [3.05, 3.63) is 45.5 Å². The van der Waals surface area contributed by atoms with E-state index in [-0.39, 0.29) is 11.8 Å². The van der Waals surface area contributed by atoms with Gasteiger partial charge in [0.15, 0.2) is 5.84 Å². The maximum absolute atomic E-state index is 14.2. The van der Waals surface area contributed by atoms with Gasteiger partial charge in [-0.3, -0.25) is 5.01 Å². The van der Waals surface area contributed by atoms with Gasteiger partial charge in [-0.15, -0.1) is 0 Å². The first-order chi connectivity index (χ1) is 16.3. The molecule has 2 saturated carbocycles. The molecule has 0 saturated heterocycles. The predicted molar refractivity (Wildman–Crippen MR) is 139 cm³/mol. The molecule has 0 bridgehead atoms. The van der Waals surface area contributed by atoms with Gasteiger partial charge < -0.3 is 10.9 Å². The molecule has 35 heavy (non-hydrogen) atoms. The number of hydrazone groups is 1. The summed E-state index contributed by atoms with van der Waals surface area (Å²) in [6.07, 6.45) is 8.34. The van der Waals surface area contributed by atoms with Crippen LogP contribution in [0.2, 0.25) is 10.0 Å². The highest BCUT2D eigenvalue weighted by molar-refractivity contribution is 6.35. The number of halogens is 4. The van der Waals surface area contributed by atoms with Crippen LogP contribution in [0.5, 0.6) is 0 Å². The normalized spacial score (nSPS) is 26.8. The topological polar surface area (TPSA) is 87.9 Å². The number of benzene rings is 1. The van der Waals surface area contributed by atoms with Gasteiger partial charge in [0.25, 0.3) is 5.92 Å². The molecule has 0 radical (unpaired) electrons. The number of hydrazine groups is 1. The quantitative estimate of drug-likeness (QED) is 0.117. The van der Waals surface area contributed by atoms with E-state index in [1.54, 1.807) is 18.2 Å². The van der Waals surface area contributed by atoms with Crippen LogP contribution in [-0.4, -0.2) is 34.0 Å². The molecule has 1 aromatic carbocycles. The second-order valence-corrected chi connectivity index (χ2v) is 11.8. The molecule has 0 spiro atoms. The summed E-state index contributed by atoms with van der Waals surface area (Å²) in [6, 6.07) is 5.06. The Balaban J connectivity index is 1.66. The van der Waals surface area contributed by atoms with Crippen LogP contribution in [0, 0.1) is 17.3 Å². The van der Waals surface area contributed by atoms with Crippen molar-refractivity contribution in [2.75, 3.05) is 6.54 Å². The number of hydrogen-bond donors (Lipinski definition) is 3. The van der Waals surface area contributed by atoms with E-state index < -0.39 is 11.5 Å². The largest absolute Gasteiger partial charge is 0.384 e. The molecule has 2 aliphatic rings. The molecular formula is C26H38Cl2F2N4O. The molecule has 0 aromatic heterocycles. The van der Waals surface area contributed by atoms with E-state index in [0.29, 0.717) is 46.2 Å². The van der Waals surface area contributed by atoms with Crippen molar-refractivity contribution in [3.63, 3.8) is 0 Å². The Morgan fingerprint density at radius 3 is 2.51 bits per heavy atom. The minimum absolute atomic E-state index is 0.0960. The third kappa shape index (κ3) is 6.30. The van der Waals surface area contributed by atoms with Crippen molar-refractivity contribution in [2.45, 2.75) is 83.7 Å². The standard InChI is InChI=1S/C26H38Cl2F2N4O/c1-24(2,35)26(29,30)12-5-7-19-8-9-22-17(6-4-11-25(19,22)3)10-13-34(32)23(33-31)18-14-20(27)16-21(28)15-18/h10,14-16,19,22,35H,4-9,11-13,31-32H2,1-3H3/b17-10+,33-23-. The summed E-state index contributed by atoms with van der Waals surface area (Å²) in [6.45, 7) is 5.11. The molecule has 3 atom stereocenters. The van der Waals surface area contributed by atoms with E-state index in [0.717, 1.165) is 38.5 Å². The average Bonchev–Trinajstić information content (AvgIpc) is 3.08. The first kappa shape index (κ1) is 28.2. The summed E-state index contributed by atoms with van der Waals surface area (Å²) in [5.74, 6) is 10.1. The third-order valence-electron chi connectivity index (χ3n) is 8.16. The van der Waals surface area contributed by atoms with E-state index >= 15 is 0 Å². The fourth-order valence-corrected chi connectivity index (χ4v) is 6.57. The van der Waals surface area contributed by atoms with Crippen LogP contribution in [0.15, 0.2) is 34.9 Å². The van der Waals surface area contributed by atoms with Crippen molar-refractivity contribution in [1.82, 2.24) is 5.01 Å². The van der Waals surface area contributed by atoms with Gasteiger partial charge >= 0.3 is 0 Å². The van der Waals surface area contributed by atoms with Gasteiger partial charge in [-0.25, -0.2) is 14.6 Å². The summed E-state index contributed by atoms with van der Waals surface area (Å²) < 4.78 is 28.4. The highest BCUT2D eigenvalue weighted by Gasteiger charge is 2.49. The molecule has 9 heteroatoms. The van der Waals surface area contributed by atoms with Crippen LogP contribution < -0.4 is 11.7 Å². The zero-order valence-corrected chi connectivity index (χ0v) is 22.3. The molecular weight excluding hydrogens is 493 g/mol. The van der Waals surface area contributed by atoms with Crippen molar-refractivity contribution in [1.29, 1.82) is 0 Å². The molecule has 5 nitrogen and oxygen atoms in total. The number of fused-ring (bicyclic) bond motifs is 1. The Kier molecular flexibility index (Phi) is 8.78. The average molecular weight is 532 g/mol. The SMILES string of the molecule is CC12CCC/C(=C\CN(N)/C(=N\N)c3cc(Cl)cc(Cl)c3)C1CCC2CCCC(F)(F)C(C)(C)O. The number of aliphatic hydroxyl groups is 1. The van der Waals surface area contributed by atoms with Crippen LogP contribution in [0.25, 0.3) is 0 Å². The van der Waals surface area contributed by atoms with Crippen molar-refractivity contribution < 1.29 is 13.9 Å². The Morgan fingerprint density at radius 1 is 1.26 bits per heavy atom. The fraction of sp³-hybridized carbons (Fsp3) is 0.654. The zero-order chi connectivity index (χ0) is 26.0. The van der Waals surface area contributed by atoms with Gasteiger partial charge in [-0.05, 0) is 94.2 Å². The number of nitrogens with two attached hydrogens (primary N) is 2. The van der Waals surface area contributed by atoms with Crippen LogP contribution in [0.4, 0.5) is 8.78 Å². The molecule has 2 aliphatic carbocycles. The summed E-state index contributed by atoms with van der Waals surface area (Å²) in [4.78, 5) is 0. The maximum atomic E-state index is 14.2. The van der Waals surface area contributed by atoms with Crippen LogP contribution in [0.1, 0.15) is 77.7 Å². The highest BCUT2D eigenvalue weighted by Crippen LogP contribution is 2.58. The Morgan fingerprint density at radius 2 is 1.91 bits per heavy atom. The number of hydrogen-bond acceptors (Lipinski definition) is 4.